The Balaban J connectivity index is 0.000000248. The van der Waals surface area contributed by atoms with Crippen molar-refractivity contribution in [1.29, 1.82) is 0 Å². The zero-order chi connectivity index (χ0) is 32.1. The van der Waals surface area contributed by atoms with Gasteiger partial charge < -0.3 is 10.5 Å². The van der Waals surface area contributed by atoms with E-state index in [1.807, 2.05) is 0 Å². The fourth-order valence-corrected chi connectivity index (χ4v) is 4.14. The highest BCUT2D eigenvalue weighted by atomic mass is 16.6. The molecule has 3 N–H and O–H groups in total. The third-order valence-electron chi connectivity index (χ3n) is 6.33. The summed E-state index contributed by atoms with van der Waals surface area (Å²) in [5.41, 5.74) is 10.1. The molecule has 43 heavy (non-hydrogen) atoms. The topological polar surface area (TPSA) is 157 Å². The predicted octanol–water partition coefficient (Wildman–Crippen LogP) is 6.07. The molecule has 0 fully saturated rings. The molecule has 2 aromatic carbocycles. The van der Waals surface area contributed by atoms with Gasteiger partial charge in [-0.25, -0.2) is 14.8 Å². The first-order chi connectivity index (χ1) is 20.0. The van der Waals surface area contributed by atoms with Gasteiger partial charge in [-0.15, -0.1) is 0 Å². The van der Waals surface area contributed by atoms with E-state index in [0.29, 0.717) is 51.7 Å². The van der Waals surface area contributed by atoms with E-state index in [9.17, 15) is 24.0 Å². The van der Waals surface area contributed by atoms with Crippen LogP contribution in [0.25, 0.3) is 12.2 Å². The molecule has 224 valence electrons. The van der Waals surface area contributed by atoms with Gasteiger partial charge in [0.1, 0.15) is 17.3 Å². The Morgan fingerprint density at radius 3 is 1.63 bits per heavy atom. The van der Waals surface area contributed by atoms with Crippen LogP contribution in [0.5, 0.6) is 0 Å². The summed E-state index contributed by atoms with van der Waals surface area (Å²) >= 11 is 0. The van der Waals surface area contributed by atoms with Gasteiger partial charge in [0.2, 0.25) is 0 Å². The molecule has 0 spiro atoms. The molecular formula is C33H36N4O6. The molecule has 0 radical (unpaired) electrons. The molecule has 0 aromatic heterocycles. The molecule has 2 aliphatic rings. The zero-order valence-corrected chi connectivity index (χ0v) is 25.5. The molecule has 2 aromatic rings. The first-order valence-corrected chi connectivity index (χ1v) is 13.7. The minimum absolute atomic E-state index is 0.0170. The second-order valence-corrected chi connectivity index (χ2v) is 11.3. The molecule has 0 atom stereocenters. The number of nitrogens with two attached hydrogens (primary N) is 1. The van der Waals surface area contributed by atoms with Crippen molar-refractivity contribution in [3.63, 3.8) is 0 Å². The second kappa shape index (κ2) is 13.3. The fraction of sp³-hybridized carbons (Fsp3) is 0.303. The van der Waals surface area contributed by atoms with E-state index < -0.39 is 11.7 Å². The lowest BCUT2D eigenvalue weighted by Crippen LogP contribution is -2.36. The number of nitrogens with one attached hydrogen (secondary N) is 1. The summed E-state index contributed by atoms with van der Waals surface area (Å²) in [4.78, 5) is 67.0. The van der Waals surface area contributed by atoms with Gasteiger partial charge >= 0.3 is 6.09 Å². The van der Waals surface area contributed by atoms with E-state index in [-0.39, 0.29) is 29.6 Å². The monoisotopic (exact) mass is 584 g/mol. The van der Waals surface area contributed by atoms with Crippen molar-refractivity contribution < 1.29 is 28.7 Å². The normalized spacial score (nSPS) is 13.9. The fourth-order valence-electron chi connectivity index (χ4n) is 4.14. The zero-order valence-electron chi connectivity index (χ0n) is 25.5. The number of alkyl carbamates (subject to hydrolysis) is 1. The van der Waals surface area contributed by atoms with Crippen LogP contribution in [0.3, 0.4) is 0 Å². The number of aliphatic imine (C=N–C) groups is 2. The van der Waals surface area contributed by atoms with Crippen molar-refractivity contribution in [1.82, 2.24) is 5.32 Å². The number of amides is 1. The molecule has 1 amide bonds. The number of amidine groups is 2. The van der Waals surface area contributed by atoms with Crippen molar-refractivity contribution in [3.05, 3.63) is 69.8 Å². The number of hydrogen-bond acceptors (Lipinski definition) is 9. The second-order valence-electron chi connectivity index (χ2n) is 11.3. The van der Waals surface area contributed by atoms with Crippen molar-refractivity contribution >= 4 is 64.4 Å². The summed E-state index contributed by atoms with van der Waals surface area (Å²) in [5, 5.41) is 2.60. The number of fused-ring (bicyclic) bond motifs is 2. The molecule has 2 heterocycles. The standard InChI is InChI=1S/C19H22N2O4.C14H14N2O2/c1-11(22)13-6-7-14-8-15(12(2)23)10-17(20-16(14)9-13)21-18(24)25-19(3,4)5;1-8(17)10-3-4-11-5-12(9(2)18)7-14(15)16-13(11)6-10/h6-9H,10H2,1-5H3,(H,20,21,24);3-6H,7H2,1-2H3,(H2,15,16). The summed E-state index contributed by atoms with van der Waals surface area (Å²) in [7, 11) is 0. The average Bonchev–Trinajstić information content (AvgIpc) is 3.17. The first kappa shape index (κ1) is 32.5. The van der Waals surface area contributed by atoms with Crippen molar-refractivity contribution in [3.8, 4) is 0 Å². The van der Waals surface area contributed by atoms with Gasteiger partial charge in [-0.05, 0) is 72.8 Å². The molecule has 2 aliphatic heterocycles. The Morgan fingerprint density at radius 2 is 1.19 bits per heavy atom. The Hall–Kier alpha value is -4.99. The first-order valence-electron chi connectivity index (χ1n) is 13.7. The van der Waals surface area contributed by atoms with Crippen LogP contribution in [0, 0.1) is 0 Å². The summed E-state index contributed by atoms with van der Waals surface area (Å²) in [5.74, 6) is 0.455. The van der Waals surface area contributed by atoms with E-state index in [2.05, 4.69) is 15.3 Å². The maximum Gasteiger partial charge on any atom is 0.413 e. The molecule has 10 heteroatoms. The van der Waals surface area contributed by atoms with Gasteiger partial charge in [-0.3, -0.25) is 24.5 Å². The van der Waals surface area contributed by atoms with Crippen molar-refractivity contribution in [2.75, 3.05) is 0 Å². The van der Waals surface area contributed by atoms with Gasteiger partial charge in [0.05, 0.1) is 11.4 Å². The Morgan fingerprint density at radius 1 is 0.721 bits per heavy atom. The number of rotatable bonds is 4. The van der Waals surface area contributed by atoms with Gasteiger partial charge in [-0.2, -0.15) is 0 Å². The highest BCUT2D eigenvalue weighted by Gasteiger charge is 2.21. The number of ketones is 4. The van der Waals surface area contributed by atoms with Crippen molar-refractivity contribution in [2.45, 2.75) is 66.9 Å². The molecule has 10 nitrogen and oxygen atoms in total. The number of ether oxygens (including phenoxy) is 1. The highest BCUT2D eigenvalue weighted by molar-refractivity contribution is 6.09. The van der Waals surface area contributed by atoms with Crippen LogP contribution in [-0.2, 0) is 14.3 Å². The van der Waals surface area contributed by atoms with Crippen LogP contribution < -0.4 is 11.1 Å². The van der Waals surface area contributed by atoms with Crippen LogP contribution >= 0.6 is 0 Å². The maximum absolute atomic E-state index is 12.0. The van der Waals surface area contributed by atoms with Crippen molar-refractivity contribution in [2.24, 2.45) is 15.7 Å². The Labute approximate surface area is 250 Å². The molecule has 0 aliphatic carbocycles. The number of carbonyl (C=O) groups excluding carboxylic acids is 5. The molecule has 0 saturated carbocycles. The Kier molecular flexibility index (Phi) is 10.1. The number of nitrogens with zero attached hydrogens (tertiary/aromatic N) is 2. The highest BCUT2D eigenvalue weighted by Crippen LogP contribution is 2.29. The number of hydrogen-bond donors (Lipinski definition) is 2. The number of carbonyl (C=O) groups is 5. The van der Waals surface area contributed by atoms with E-state index in [1.54, 1.807) is 69.3 Å². The lowest BCUT2D eigenvalue weighted by Gasteiger charge is -2.20. The number of Topliss-reactive ketones (excluding diaryl/α,β-unsaturated/α-hetero) is 4. The minimum Gasteiger partial charge on any atom is -0.444 e. The molecular weight excluding hydrogens is 548 g/mol. The van der Waals surface area contributed by atoms with Gasteiger partial charge in [0.25, 0.3) is 0 Å². The summed E-state index contributed by atoms with van der Waals surface area (Å²) in [6.07, 6.45) is 3.40. The largest absolute Gasteiger partial charge is 0.444 e. The average molecular weight is 585 g/mol. The van der Waals surface area contributed by atoms with Crippen LogP contribution in [0.4, 0.5) is 16.2 Å². The molecule has 4 rings (SSSR count). The lowest BCUT2D eigenvalue weighted by molar-refractivity contribution is -0.114. The minimum atomic E-state index is -0.645. The van der Waals surface area contributed by atoms with E-state index in [0.717, 1.165) is 11.1 Å². The van der Waals surface area contributed by atoms with Gasteiger partial charge in [0, 0.05) is 46.2 Å². The molecule has 0 bridgehead atoms. The van der Waals surface area contributed by atoms with E-state index in [4.69, 9.17) is 10.5 Å². The van der Waals surface area contributed by atoms with Gasteiger partial charge in [0.15, 0.2) is 23.1 Å². The third kappa shape index (κ3) is 9.26. The predicted molar refractivity (Wildman–Crippen MR) is 167 cm³/mol. The smallest absolute Gasteiger partial charge is 0.413 e. The van der Waals surface area contributed by atoms with Crippen LogP contribution in [0.2, 0.25) is 0 Å². The molecule has 0 saturated heterocycles. The Bertz CT molecular complexity index is 1640. The van der Waals surface area contributed by atoms with Crippen LogP contribution in [-0.4, -0.2) is 46.5 Å². The van der Waals surface area contributed by atoms with Crippen LogP contribution in [0.1, 0.15) is 93.2 Å². The lowest BCUT2D eigenvalue weighted by atomic mass is 10.0. The SMILES string of the molecule is CC(=O)C1=Cc2ccc(C(C)=O)cc2N=C(N)C1.CC(=O)C1=Cc2ccc(C(C)=O)cc2N=C(NC(=O)OC(C)(C)C)C1. The van der Waals surface area contributed by atoms with E-state index in [1.165, 1.54) is 27.7 Å². The summed E-state index contributed by atoms with van der Waals surface area (Å²) < 4.78 is 5.24. The molecule has 0 unspecified atom stereocenters. The maximum atomic E-state index is 12.0. The summed E-state index contributed by atoms with van der Waals surface area (Å²) in [6.45, 7) is 11.2. The quantitative estimate of drug-likeness (QED) is 0.413. The third-order valence-corrected chi connectivity index (χ3v) is 6.33. The van der Waals surface area contributed by atoms with Crippen LogP contribution in [0.15, 0.2) is 57.5 Å². The van der Waals surface area contributed by atoms with E-state index >= 15 is 0 Å². The number of benzene rings is 2. The summed E-state index contributed by atoms with van der Waals surface area (Å²) in [6, 6.07) is 10.3. The van der Waals surface area contributed by atoms with Gasteiger partial charge in [-0.1, -0.05) is 24.3 Å².